The van der Waals surface area contributed by atoms with Crippen LogP contribution in [-0.2, 0) is 0 Å². The molecule has 0 spiro atoms. The third-order valence-electron chi connectivity index (χ3n) is 3.05. The first-order chi connectivity index (χ1) is 10.1. The van der Waals surface area contributed by atoms with Crippen LogP contribution in [0.5, 0.6) is 0 Å². The van der Waals surface area contributed by atoms with Crippen LogP contribution >= 0.6 is 15.9 Å². The lowest BCUT2D eigenvalue weighted by Gasteiger charge is -2.18. The summed E-state index contributed by atoms with van der Waals surface area (Å²) in [6.07, 6.45) is 3.10. The topological polar surface area (TPSA) is 58.1 Å². The highest BCUT2D eigenvalue weighted by Crippen LogP contribution is 2.17. The van der Waals surface area contributed by atoms with Gasteiger partial charge in [-0.25, -0.2) is 9.97 Å². The quantitative estimate of drug-likeness (QED) is 0.898. The summed E-state index contributed by atoms with van der Waals surface area (Å²) in [4.78, 5) is 22.2. The van der Waals surface area contributed by atoms with E-state index in [1.54, 1.807) is 17.3 Å². The first-order valence-corrected chi connectivity index (χ1v) is 7.57. The van der Waals surface area contributed by atoms with Gasteiger partial charge in [0.2, 0.25) is 5.95 Å². The molecule has 1 amide bonds. The number of aromatic nitrogens is 2. The van der Waals surface area contributed by atoms with Crippen LogP contribution in [-0.4, -0.2) is 33.9 Å². The van der Waals surface area contributed by atoms with Crippen molar-refractivity contribution in [1.29, 1.82) is 0 Å². The molecule has 1 aromatic heterocycles. The Bertz CT molecular complexity index is 594. The summed E-state index contributed by atoms with van der Waals surface area (Å²) in [5.41, 5.74) is 1.39. The van der Waals surface area contributed by atoms with Gasteiger partial charge in [0.05, 0.1) is 5.56 Å². The summed E-state index contributed by atoms with van der Waals surface area (Å²) in [7, 11) is 0. The molecule has 0 saturated heterocycles. The van der Waals surface area contributed by atoms with Gasteiger partial charge < -0.3 is 10.2 Å². The first-order valence-electron chi connectivity index (χ1n) is 6.78. The Morgan fingerprint density at radius 2 is 1.71 bits per heavy atom. The van der Waals surface area contributed by atoms with Crippen LogP contribution in [0, 0.1) is 0 Å². The number of nitrogens with zero attached hydrogens (tertiary/aromatic N) is 3. The van der Waals surface area contributed by atoms with Crippen LogP contribution in [0.3, 0.4) is 0 Å². The standard InChI is InChI=1S/C15H17BrN4O/c1-3-20(4-2)14(21)11-9-17-15(18-10-11)19-13-7-5-12(16)6-8-13/h5-10H,3-4H2,1-2H3,(H,17,18,19). The van der Waals surface area contributed by atoms with E-state index < -0.39 is 0 Å². The minimum absolute atomic E-state index is 0.0461. The molecule has 0 aliphatic rings. The van der Waals surface area contributed by atoms with Crippen molar-refractivity contribution in [3.8, 4) is 0 Å². The third-order valence-corrected chi connectivity index (χ3v) is 3.58. The van der Waals surface area contributed by atoms with Crippen molar-refractivity contribution in [2.24, 2.45) is 0 Å². The number of carbonyl (C=O) groups excluding carboxylic acids is 1. The molecule has 0 unspecified atom stereocenters. The van der Waals surface area contributed by atoms with Gasteiger partial charge in [-0.3, -0.25) is 4.79 Å². The maximum atomic E-state index is 12.1. The van der Waals surface area contributed by atoms with Gasteiger partial charge in [0.1, 0.15) is 0 Å². The highest BCUT2D eigenvalue weighted by molar-refractivity contribution is 9.10. The van der Waals surface area contributed by atoms with Gasteiger partial charge in [-0.15, -0.1) is 0 Å². The molecule has 0 fully saturated rings. The van der Waals surface area contributed by atoms with E-state index in [0.717, 1.165) is 10.2 Å². The maximum absolute atomic E-state index is 12.1. The van der Waals surface area contributed by atoms with Crippen molar-refractivity contribution in [3.63, 3.8) is 0 Å². The normalized spacial score (nSPS) is 10.2. The molecular formula is C15H17BrN4O. The van der Waals surface area contributed by atoms with Gasteiger partial charge in [0.15, 0.2) is 0 Å². The van der Waals surface area contributed by atoms with E-state index in [4.69, 9.17) is 0 Å². The second-order valence-corrected chi connectivity index (χ2v) is 5.32. The fraction of sp³-hybridized carbons (Fsp3) is 0.267. The minimum Gasteiger partial charge on any atom is -0.339 e. The summed E-state index contributed by atoms with van der Waals surface area (Å²) in [5.74, 6) is 0.420. The van der Waals surface area contributed by atoms with Crippen molar-refractivity contribution in [1.82, 2.24) is 14.9 Å². The molecule has 0 aliphatic heterocycles. The number of anilines is 2. The molecule has 6 heteroatoms. The molecule has 0 aliphatic carbocycles. The van der Waals surface area contributed by atoms with Gasteiger partial charge in [-0.1, -0.05) is 15.9 Å². The van der Waals surface area contributed by atoms with Crippen molar-refractivity contribution in [2.75, 3.05) is 18.4 Å². The van der Waals surface area contributed by atoms with Crippen LogP contribution in [0.2, 0.25) is 0 Å². The van der Waals surface area contributed by atoms with Crippen LogP contribution < -0.4 is 5.32 Å². The van der Waals surface area contributed by atoms with E-state index in [0.29, 0.717) is 24.6 Å². The second kappa shape index (κ2) is 7.17. The molecule has 0 radical (unpaired) electrons. The number of rotatable bonds is 5. The van der Waals surface area contributed by atoms with E-state index in [1.807, 2.05) is 38.1 Å². The monoisotopic (exact) mass is 348 g/mol. The summed E-state index contributed by atoms with van der Waals surface area (Å²) >= 11 is 3.38. The number of hydrogen-bond donors (Lipinski definition) is 1. The largest absolute Gasteiger partial charge is 0.339 e. The van der Waals surface area contributed by atoms with Crippen molar-refractivity contribution in [3.05, 3.63) is 46.7 Å². The zero-order valence-electron chi connectivity index (χ0n) is 12.0. The Balaban J connectivity index is 2.08. The van der Waals surface area contributed by atoms with Crippen molar-refractivity contribution in [2.45, 2.75) is 13.8 Å². The van der Waals surface area contributed by atoms with E-state index in [9.17, 15) is 4.79 Å². The Hall–Kier alpha value is -1.95. The Kier molecular flexibility index (Phi) is 5.27. The molecule has 1 heterocycles. The van der Waals surface area contributed by atoms with E-state index in [2.05, 4.69) is 31.2 Å². The summed E-state index contributed by atoms with van der Waals surface area (Å²) < 4.78 is 1.01. The summed E-state index contributed by atoms with van der Waals surface area (Å²) in [6.45, 7) is 5.25. The Morgan fingerprint density at radius 3 is 2.24 bits per heavy atom. The highest BCUT2D eigenvalue weighted by Gasteiger charge is 2.13. The van der Waals surface area contributed by atoms with Crippen molar-refractivity contribution >= 4 is 33.5 Å². The third kappa shape index (κ3) is 4.01. The number of benzene rings is 1. The van der Waals surface area contributed by atoms with Crippen LogP contribution in [0.25, 0.3) is 0 Å². The van der Waals surface area contributed by atoms with Gasteiger partial charge in [-0.2, -0.15) is 0 Å². The average molecular weight is 349 g/mol. The molecule has 0 atom stereocenters. The van der Waals surface area contributed by atoms with E-state index in [1.165, 1.54) is 0 Å². The smallest absolute Gasteiger partial charge is 0.256 e. The Morgan fingerprint density at radius 1 is 1.14 bits per heavy atom. The fourth-order valence-corrected chi connectivity index (χ4v) is 2.12. The van der Waals surface area contributed by atoms with Gasteiger partial charge in [0, 0.05) is 35.6 Å². The van der Waals surface area contributed by atoms with Gasteiger partial charge >= 0.3 is 0 Å². The molecule has 5 nitrogen and oxygen atoms in total. The lowest BCUT2D eigenvalue weighted by Crippen LogP contribution is -2.30. The molecule has 1 aromatic carbocycles. The molecule has 21 heavy (non-hydrogen) atoms. The Labute approximate surface area is 132 Å². The number of halogens is 1. The fourth-order valence-electron chi connectivity index (χ4n) is 1.86. The number of amides is 1. The molecule has 1 N–H and O–H groups in total. The van der Waals surface area contributed by atoms with Gasteiger partial charge in [-0.05, 0) is 38.1 Å². The molecule has 2 rings (SSSR count). The lowest BCUT2D eigenvalue weighted by molar-refractivity contribution is 0.0772. The van der Waals surface area contributed by atoms with Crippen LogP contribution in [0.15, 0.2) is 41.1 Å². The maximum Gasteiger partial charge on any atom is 0.256 e. The zero-order chi connectivity index (χ0) is 15.2. The minimum atomic E-state index is -0.0461. The SMILES string of the molecule is CCN(CC)C(=O)c1cnc(Nc2ccc(Br)cc2)nc1. The van der Waals surface area contributed by atoms with Gasteiger partial charge in [0.25, 0.3) is 5.91 Å². The van der Waals surface area contributed by atoms with Crippen molar-refractivity contribution < 1.29 is 4.79 Å². The summed E-state index contributed by atoms with van der Waals surface area (Å²) in [6, 6.07) is 7.70. The first kappa shape index (κ1) is 15.4. The predicted octanol–water partition coefficient (Wildman–Crippen LogP) is 3.46. The molecule has 110 valence electrons. The molecule has 2 aromatic rings. The summed E-state index contributed by atoms with van der Waals surface area (Å²) in [5, 5.41) is 3.09. The predicted molar refractivity (Wildman–Crippen MR) is 86.7 cm³/mol. The zero-order valence-corrected chi connectivity index (χ0v) is 13.6. The number of carbonyl (C=O) groups is 1. The molecule has 0 saturated carbocycles. The van der Waals surface area contributed by atoms with E-state index >= 15 is 0 Å². The number of hydrogen-bond acceptors (Lipinski definition) is 4. The lowest BCUT2D eigenvalue weighted by atomic mass is 10.3. The molecule has 0 bridgehead atoms. The highest BCUT2D eigenvalue weighted by atomic mass is 79.9. The number of nitrogens with one attached hydrogen (secondary N) is 1. The average Bonchev–Trinajstić information content (AvgIpc) is 2.51. The van der Waals surface area contributed by atoms with Crippen LogP contribution in [0.1, 0.15) is 24.2 Å². The van der Waals surface area contributed by atoms with Crippen LogP contribution in [0.4, 0.5) is 11.6 Å². The molecular weight excluding hydrogens is 332 g/mol. The van der Waals surface area contributed by atoms with E-state index in [-0.39, 0.29) is 5.91 Å². The second-order valence-electron chi connectivity index (χ2n) is 4.40.